The maximum atomic E-state index is 12.6. The predicted octanol–water partition coefficient (Wildman–Crippen LogP) is 4.73. The van der Waals surface area contributed by atoms with Crippen molar-refractivity contribution in [2.45, 2.75) is 23.3 Å². The lowest BCUT2D eigenvalue weighted by Crippen LogP contribution is -2.10. The molecule has 5 nitrogen and oxygen atoms in total. The van der Waals surface area contributed by atoms with E-state index in [1.807, 2.05) is 49.5 Å². The smallest absolute Gasteiger partial charge is 0.339 e. The lowest BCUT2D eigenvalue weighted by Gasteiger charge is -2.13. The maximum Gasteiger partial charge on any atom is 0.339 e. The lowest BCUT2D eigenvalue weighted by molar-refractivity contribution is 0.287. The molecule has 2 aromatic rings. The highest BCUT2D eigenvalue weighted by Gasteiger charge is 2.21. The minimum atomic E-state index is -3.96. The summed E-state index contributed by atoms with van der Waals surface area (Å²) >= 11 is 3.80. The molecule has 0 unspecified atom stereocenters. The summed E-state index contributed by atoms with van der Waals surface area (Å²) in [6.07, 6.45) is 0. The van der Waals surface area contributed by atoms with Crippen molar-refractivity contribution < 1.29 is 22.1 Å². The van der Waals surface area contributed by atoms with E-state index in [0.29, 0.717) is 35.0 Å². The molecule has 0 atom stereocenters. The van der Waals surface area contributed by atoms with Gasteiger partial charge in [-0.25, -0.2) is 0 Å². The topological polar surface area (TPSA) is 61.8 Å². The van der Waals surface area contributed by atoms with E-state index < -0.39 is 10.1 Å². The molecule has 0 aromatic heterocycles. The molecular formula is C19H22O5S3. The van der Waals surface area contributed by atoms with Gasteiger partial charge < -0.3 is 13.7 Å². The van der Waals surface area contributed by atoms with Gasteiger partial charge in [-0.05, 0) is 43.7 Å². The summed E-state index contributed by atoms with van der Waals surface area (Å²) in [6, 6.07) is 11.7. The third-order valence-corrected chi connectivity index (χ3v) is 8.13. The van der Waals surface area contributed by atoms with E-state index in [1.54, 1.807) is 18.2 Å². The molecule has 1 fully saturated rings. The quantitative estimate of drug-likeness (QED) is 0.566. The highest BCUT2D eigenvalue weighted by Crippen LogP contribution is 2.45. The van der Waals surface area contributed by atoms with Crippen LogP contribution < -0.4 is 13.7 Å². The van der Waals surface area contributed by atoms with Gasteiger partial charge in [0.1, 0.15) is 10.6 Å². The largest absolute Gasteiger partial charge is 0.490 e. The van der Waals surface area contributed by atoms with E-state index >= 15 is 0 Å². The van der Waals surface area contributed by atoms with Crippen LogP contribution in [-0.4, -0.2) is 33.1 Å². The Hall–Kier alpha value is -1.51. The van der Waals surface area contributed by atoms with Crippen molar-refractivity contribution in [1.29, 1.82) is 0 Å². The summed E-state index contributed by atoms with van der Waals surface area (Å²) in [5.74, 6) is 3.46. The van der Waals surface area contributed by atoms with Crippen LogP contribution in [0.3, 0.4) is 0 Å². The summed E-state index contributed by atoms with van der Waals surface area (Å²) in [5.41, 5.74) is 1.17. The number of hydrogen-bond donors (Lipinski definition) is 0. The Balaban J connectivity index is 1.78. The molecule has 1 heterocycles. The van der Waals surface area contributed by atoms with Crippen molar-refractivity contribution in [1.82, 2.24) is 0 Å². The number of rotatable bonds is 8. The van der Waals surface area contributed by atoms with Crippen LogP contribution in [0.5, 0.6) is 17.2 Å². The van der Waals surface area contributed by atoms with Gasteiger partial charge in [0.25, 0.3) is 0 Å². The van der Waals surface area contributed by atoms with Gasteiger partial charge in [-0.1, -0.05) is 12.1 Å². The number of benzene rings is 2. The van der Waals surface area contributed by atoms with Crippen LogP contribution in [0.1, 0.15) is 24.0 Å². The Labute approximate surface area is 168 Å². The summed E-state index contributed by atoms with van der Waals surface area (Å²) in [7, 11) is -3.96. The fraction of sp³-hybridized carbons (Fsp3) is 0.368. The van der Waals surface area contributed by atoms with Crippen LogP contribution in [-0.2, 0) is 10.1 Å². The molecule has 3 rings (SSSR count). The van der Waals surface area contributed by atoms with Crippen molar-refractivity contribution in [2.75, 3.05) is 24.7 Å². The van der Waals surface area contributed by atoms with Crippen LogP contribution in [0.4, 0.5) is 0 Å². The second-order valence-corrected chi connectivity index (χ2v) is 9.93. The minimum Gasteiger partial charge on any atom is -0.490 e. The number of thioether (sulfide) groups is 2. The van der Waals surface area contributed by atoms with Crippen molar-refractivity contribution in [3.05, 3.63) is 48.0 Å². The zero-order valence-corrected chi connectivity index (χ0v) is 17.7. The summed E-state index contributed by atoms with van der Waals surface area (Å²) in [6.45, 7) is 4.56. The SMILES string of the molecule is CCOc1ccc(S(=O)(=O)Oc2ccc(C3SCCS3)cc2)cc1OCC. The average Bonchev–Trinajstić information content (AvgIpc) is 3.18. The maximum absolute atomic E-state index is 12.6. The van der Waals surface area contributed by atoms with Gasteiger partial charge in [0, 0.05) is 17.6 Å². The highest BCUT2D eigenvalue weighted by atomic mass is 32.2. The molecule has 0 spiro atoms. The fourth-order valence-electron chi connectivity index (χ4n) is 2.59. The molecule has 0 amide bonds. The third-order valence-electron chi connectivity index (χ3n) is 3.78. The summed E-state index contributed by atoms with van der Waals surface area (Å²) in [4.78, 5) is 0.0281. The first-order valence-electron chi connectivity index (χ1n) is 8.70. The van der Waals surface area contributed by atoms with Crippen molar-refractivity contribution in [2.24, 2.45) is 0 Å². The molecule has 2 aromatic carbocycles. The van der Waals surface area contributed by atoms with Crippen LogP contribution >= 0.6 is 23.5 Å². The Kier molecular flexibility index (Phi) is 6.83. The normalized spacial score (nSPS) is 14.9. The molecule has 1 aliphatic heterocycles. The zero-order chi connectivity index (χ0) is 19.3. The number of hydrogen-bond acceptors (Lipinski definition) is 7. The molecule has 146 valence electrons. The average molecular weight is 427 g/mol. The Bertz CT molecular complexity index is 859. The van der Waals surface area contributed by atoms with Crippen LogP contribution in [0, 0.1) is 0 Å². The summed E-state index contributed by atoms with van der Waals surface area (Å²) in [5, 5.41) is 0. The van der Waals surface area contributed by atoms with Crippen LogP contribution in [0.25, 0.3) is 0 Å². The van der Waals surface area contributed by atoms with Gasteiger partial charge in [-0.2, -0.15) is 8.42 Å². The molecule has 0 bridgehead atoms. The van der Waals surface area contributed by atoms with Crippen LogP contribution in [0.2, 0.25) is 0 Å². The molecule has 27 heavy (non-hydrogen) atoms. The molecule has 1 aliphatic rings. The summed E-state index contributed by atoms with van der Waals surface area (Å²) < 4.78 is 42.0. The van der Waals surface area contributed by atoms with Crippen molar-refractivity contribution in [3.8, 4) is 17.2 Å². The van der Waals surface area contributed by atoms with Gasteiger partial charge in [0.05, 0.1) is 17.8 Å². The highest BCUT2D eigenvalue weighted by molar-refractivity contribution is 8.19. The molecule has 0 radical (unpaired) electrons. The van der Waals surface area contributed by atoms with Gasteiger partial charge >= 0.3 is 10.1 Å². The standard InChI is InChI=1S/C19H22O5S3/c1-3-22-17-10-9-16(13-18(17)23-4-2)27(20,21)24-15-7-5-14(6-8-15)19-25-11-12-26-19/h5-10,13,19H,3-4,11-12H2,1-2H3. The minimum absolute atomic E-state index is 0.0281. The van der Waals surface area contributed by atoms with E-state index in [4.69, 9.17) is 13.7 Å². The Morgan fingerprint density at radius 2 is 1.56 bits per heavy atom. The molecular weight excluding hydrogens is 404 g/mol. The van der Waals surface area contributed by atoms with Crippen LogP contribution in [0.15, 0.2) is 47.4 Å². The molecule has 8 heteroatoms. The van der Waals surface area contributed by atoms with Gasteiger partial charge in [-0.3, -0.25) is 0 Å². The second-order valence-electron chi connectivity index (χ2n) is 5.65. The van der Waals surface area contributed by atoms with E-state index in [2.05, 4.69) is 0 Å². The van der Waals surface area contributed by atoms with E-state index in [-0.39, 0.29) is 4.90 Å². The Morgan fingerprint density at radius 3 is 2.19 bits per heavy atom. The monoisotopic (exact) mass is 426 g/mol. The first kappa shape index (κ1) is 20.2. The fourth-order valence-corrected chi connectivity index (χ4v) is 6.40. The molecule has 0 N–H and O–H groups in total. The van der Waals surface area contributed by atoms with Crippen molar-refractivity contribution >= 4 is 33.6 Å². The lowest BCUT2D eigenvalue weighted by atomic mass is 10.2. The van der Waals surface area contributed by atoms with E-state index in [9.17, 15) is 8.42 Å². The van der Waals surface area contributed by atoms with Crippen molar-refractivity contribution in [3.63, 3.8) is 0 Å². The second kappa shape index (κ2) is 9.12. The van der Waals surface area contributed by atoms with E-state index in [0.717, 1.165) is 11.5 Å². The van der Waals surface area contributed by atoms with Gasteiger partial charge in [0.15, 0.2) is 11.5 Å². The first-order chi connectivity index (χ1) is 13.0. The predicted molar refractivity (Wildman–Crippen MR) is 111 cm³/mol. The molecule has 0 aliphatic carbocycles. The van der Waals surface area contributed by atoms with E-state index in [1.165, 1.54) is 17.7 Å². The number of ether oxygens (including phenoxy) is 2. The molecule has 1 saturated heterocycles. The van der Waals surface area contributed by atoms with Gasteiger partial charge in [0.2, 0.25) is 0 Å². The molecule has 0 saturated carbocycles. The third kappa shape index (κ3) is 5.06. The zero-order valence-electron chi connectivity index (χ0n) is 15.2. The first-order valence-corrected chi connectivity index (χ1v) is 12.2. The Morgan fingerprint density at radius 1 is 0.926 bits per heavy atom. The van der Waals surface area contributed by atoms with Gasteiger partial charge in [-0.15, -0.1) is 23.5 Å².